The number of carboxylic acid groups (broad SMARTS) is 1. The average Bonchev–Trinajstić information content (AvgIpc) is 2.16. The second-order valence-corrected chi connectivity index (χ2v) is 4.40. The third-order valence-electron chi connectivity index (χ3n) is 2.19. The van der Waals surface area contributed by atoms with Crippen molar-refractivity contribution in [1.29, 1.82) is 0 Å². The first kappa shape index (κ1) is 13.3. The number of ether oxygens (including phenoxy) is 1. The Morgan fingerprint density at radius 3 is 2.69 bits per heavy atom. The van der Waals surface area contributed by atoms with Crippen molar-refractivity contribution in [2.75, 3.05) is 0 Å². The normalized spacial score (nSPS) is 12.2. The van der Waals surface area contributed by atoms with Crippen LogP contribution in [0, 0.1) is 6.92 Å². The Morgan fingerprint density at radius 1 is 1.62 bits per heavy atom. The minimum Gasteiger partial charge on any atom is -0.479 e. The van der Waals surface area contributed by atoms with Crippen molar-refractivity contribution in [2.24, 2.45) is 0 Å². The van der Waals surface area contributed by atoms with Gasteiger partial charge in [-0.2, -0.15) is 0 Å². The molecule has 1 unspecified atom stereocenters. The molecule has 0 fully saturated rings. The van der Waals surface area contributed by atoms with Crippen LogP contribution >= 0.6 is 27.5 Å². The molecule has 0 aliphatic carbocycles. The van der Waals surface area contributed by atoms with Crippen molar-refractivity contribution >= 4 is 33.5 Å². The highest BCUT2D eigenvalue weighted by Gasteiger charge is 2.14. The minimum atomic E-state index is -1.00. The summed E-state index contributed by atoms with van der Waals surface area (Å²) in [5.74, 6) is -0.527. The van der Waals surface area contributed by atoms with Gasteiger partial charge < -0.3 is 9.84 Å². The summed E-state index contributed by atoms with van der Waals surface area (Å²) in [7, 11) is 0. The largest absolute Gasteiger partial charge is 0.479 e. The molecule has 1 N–H and O–H groups in total. The first-order valence-corrected chi connectivity index (χ1v) is 6.20. The van der Waals surface area contributed by atoms with Gasteiger partial charge in [0.1, 0.15) is 5.75 Å². The number of hydrogen-bond donors (Lipinski definition) is 1. The number of halogens is 2. The predicted molar refractivity (Wildman–Crippen MR) is 66.5 cm³/mol. The van der Waals surface area contributed by atoms with Crippen LogP contribution in [0.15, 0.2) is 12.1 Å². The van der Waals surface area contributed by atoms with Crippen molar-refractivity contribution in [3.05, 3.63) is 28.3 Å². The lowest BCUT2D eigenvalue weighted by molar-refractivity contribution is -0.144. The zero-order chi connectivity index (χ0) is 12.3. The van der Waals surface area contributed by atoms with Crippen LogP contribution in [-0.2, 0) is 10.1 Å². The molecule has 3 nitrogen and oxygen atoms in total. The molecule has 16 heavy (non-hydrogen) atoms. The van der Waals surface area contributed by atoms with Crippen LogP contribution in [-0.4, -0.2) is 17.2 Å². The molecule has 0 aliphatic rings. The molecular weight excluding hydrogens is 295 g/mol. The number of carbonyl (C=O) groups is 1. The molecule has 0 aromatic heterocycles. The molecule has 0 spiro atoms. The van der Waals surface area contributed by atoms with Gasteiger partial charge in [0.05, 0.1) is 0 Å². The fraction of sp³-hybridized carbons (Fsp3) is 0.364. The molecule has 1 rings (SSSR count). The second kappa shape index (κ2) is 5.55. The van der Waals surface area contributed by atoms with Crippen LogP contribution in [0.4, 0.5) is 0 Å². The molecular formula is C11H12BrClO3. The van der Waals surface area contributed by atoms with Crippen LogP contribution < -0.4 is 4.74 Å². The van der Waals surface area contributed by atoms with Gasteiger partial charge in [0.2, 0.25) is 0 Å². The van der Waals surface area contributed by atoms with E-state index < -0.39 is 12.1 Å². The van der Waals surface area contributed by atoms with E-state index >= 15 is 0 Å². The van der Waals surface area contributed by atoms with Crippen LogP contribution in [0.25, 0.3) is 0 Å². The van der Waals surface area contributed by atoms with Gasteiger partial charge >= 0.3 is 5.97 Å². The lowest BCUT2D eigenvalue weighted by Gasteiger charge is -2.13. The van der Waals surface area contributed by atoms with E-state index in [2.05, 4.69) is 15.9 Å². The number of rotatable bonds is 4. The monoisotopic (exact) mass is 306 g/mol. The number of aliphatic carboxylic acids is 1. The van der Waals surface area contributed by atoms with Gasteiger partial charge in [-0.25, -0.2) is 4.79 Å². The Kier molecular flexibility index (Phi) is 4.62. The molecule has 1 aromatic carbocycles. The summed E-state index contributed by atoms with van der Waals surface area (Å²) < 4.78 is 5.24. The smallest absolute Gasteiger partial charge is 0.344 e. The van der Waals surface area contributed by atoms with E-state index in [-0.39, 0.29) is 0 Å². The Labute approximate surface area is 107 Å². The molecule has 0 amide bonds. The maximum Gasteiger partial charge on any atom is 0.344 e. The highest BCUT2D eigenvalue weighted by molar-refractivity contribution is 9.08. The first-order chi connectivity index (χ1) is 7.45. The summed E-state index contributed by atoms with van der Waals surface area (Å²) in [5, 5.41) is 9.95. The standard InChI is InChI=1S/C11H12BrClO3/c1-6-3-8(16-7(2)11(14)15)4-10(13)9(6)5-12/h3-4,7H,5H2,1-2H3,(H,14,15). The van der Waals surface area contributed by atoms with Crippen LogP contribution in [0.2, 0.25) is 5.02 Å². The summed E-state index contributed by atoms with van der Waals surface area (Å²) in [6.45, 7) is 3.38. The number of hydrogen-bond acceptors (Lipinski definition) is 2. The number of carboxylic acids is 1. The summed E-state index contributed by atoms with van der Waals surface area (Å²) in [4.78, 5) is 10.6. The van der Waals surface area contributed by atoms with Gasteiger partial charge in [0.25, 0.3) is 0 Å². The fourth-order valence-electron chi connectivity index (χ4n) is 1.23. The molecule has 88 valence electrons. The second-order valence-electron chi connectivity index (χ2n) is 3.43. The van der Waals surface area contributed by atoms with Crippen molar-refractivity contribution in [2.45, 2.75) is 25.3 Å². The van der Waals surface area contributed by atoms with E-state index in [0.717, 1.165) is 11.1 Å². The molecule has 0 aliphatic heterocycles. The lowest BCUT2D eigenvalue weighted by Crippen LogP contribution is -2.22. The number of benzene rings is 1. The van der Waals surface area contributed by atoms with Gasteiger partial charge in [0, 0.05) is 10.4 Å². The van der Waals surface area contributed by atoms with Gasteiger partial charge in [-0.3, -0.25) is 0 Å². The van der Waals surface area contributed by atoms with E-state index in [9.17, 15) is 4.79 Å². The molecule has 0 heterocycles. The Morgan fingerprint density at radius 2 is 2.25 bits per heavy atom. The van der Waals surface area contributed by atoms with E-state index in [0.29, 0.717) is 16.1 Å². The topological polar surface area (TPSA) is 46.5 Å². The quantitative estimate of drug-likeness (QED) is 0.867. The maximum absolute atomic E-state index is 10.6. The summed E-state index contributed by atoms with van der Waals surface area (Å²) in [6, 6.07) is 3.41. The zero-order valence-electron chi connectivity index (χ0n) is 8.96. The molecule has 0 bridgehead atoms. The third kappa shape index (κ3) is 3.12. The van der Waals surface area contributed by atoms with Crippen molar-refractivity contribution < 1.29 is 14.6 Å². The molecule has 0 saturated heterocycles. The van der Waals surface area contributed by atoms with Crippen LogP contribution in [0.1, 0.15) is 18.1 Å². The minimum absolute atomic E-state index is 0.474. The Hall–Kier alpha value is -0.740. The van der Waals surface area contributed by atoms with Gasteiger partial charge in [-0.15, -0.1) is 0 Å². The molecule has 1 atom stereocenters. The zero-order valence-corrected chi connectivity index (χ0v) is 11.3. The number of aryl methyl sites for hydroxylation is 1. The molecule has 5 heteroatoms. The molecule has 0 saturated carbocycles. The van der Waals surface area contributed by atoms with Gasteiger partial charge in [-0.1, -0.05) is 27.5 Å². The van der Waals surface area contributed by atoms with Crippen LogP contribution in [0.3, 0.4) is 0 Å². The summed E-state index contributed by atoms with van der Waals surface area (Å²) >= 11 is 9.38. The maximum atomic E-state index is 10.6. The number of alkyl halides is 1. The SMILES string of the molecule is Cc1cc(OC(C)C(=O)O)cc(Cl)c1CBr. The average molecular weight is 308 g/mol. The predicted octanol–water partition coefficient (Wildman–Crippen LogP) is 3.40. The molecule has 1 aromatic rings. The Bertz CT molecular complexity index is 383. The Balaban J connectivity index is 2.96. The van der Waals surface area contributed by atoms with E-state index in [1.807, 2.05) is 6.92 Å². The van der Waals surface area contributed by atoms with Gasteiger partial charge in [-0.05, 0) is 37.1 Å². The third-order valence-corrected chi connectivity index (χ3v) is 3.08. The first-order valence-electron chi connectivity index (χ1n) is 4.70. The highest BCUT2D eigenvalue weighted by atomic mass is 79.9. The van der Waals surface area contributed by atoms with E-state index in [1.165, 1.54) is 6.92 Å². The fourth-order valence-corrected chi connectivity index (χ4v) is 2.46. The van der Waals surface area contributed by atoms with E-state index in [4.69, 9.17) is 21.4 Å². The van der Waals surface area contributed by atoms with Crippen molar-refractivity contribution in [3.63, 3.8) is 0 Å². The lowest BCUT2D eigenvalue weighted by atomic mass is 10.1. The van der Waals surface area contributed by atoms with Crippen molar-refractivity contribution in [3.8, 4) is 5.75 Å². The summed E-state index contributed by atoms with van der Waals surface area (Å²) in [6.07, 6.45) is -0.884. The van der Waals surface area contributed by atoms with Crippen LogP contribution in [0.5, 0.6) is 5.75 Å². The summed E-state index contributed by atoms with van der Waals surface area (Å²) in [5.41, 5.74) is 1.95. The highest BCUT2D eigenvalue weighted by Crippen LogP contribution is 2.28. The van der Waals surface area contributed by atoms with Gasteiger partial charge in [0.15, 0.2) is 6.10 Å². The van der Waals surface area contributed by atoms with E-state index in [1.54, 1.807) is 12.1 Å². The van der Waals surface area contributed by atoms with Crippen molar-refractivity contribution in [1.82, 2.24) is 0 Å². The molecule has 0 radical (unpaired) electrons.